The van der Waals surface area contributed by atoms with Crippen LogP contribution in [0, 0.1) is 0 Å². The molecule has 2 aromatic rings. The van der Waals surface area contributed by atoms with E-state index in [-0.39, 0.29) is 0 Å². The van der Waals surface area contributed by atoms with Crippen LogP contribution in [0.25, 0.3) is 11.3 Å². The van der Waals surface area contributed by atoms with Crippen LogP contribution in [0.3, 0.4) is 0 Å². The molecule has 1 atom stereocenters. The zero-order chi connectivity index (χ0) is 13.9. The van der Waals surface area contributed by atoms with Crippen LogP contribution < -0.4 is 10.6 Å². The molecule has 20 heavy (non-hydrogen) atoms. The van der Waals surface area contributed by atoms with E-state index < -0.39 is 0 Å². The van der Waals surface area contributed by atoms with Crippen molar-refractivity contribution in [2.24, 2.45) is 5.73 Å². The smallest absolute Gasteiger partial charge is 0.226 e. The van der Waals surface area contributed by atoms with Crippen molar-refractivity contribution in [3.63, 3.8) is 0 Å². The Balaban J connectivity index is 1.93. The zero-order valence-electron chi connectivity index (χ0n) is 11.2. The van der Waals surface area contributed by atoms with E-state index >= 15 is 0 Å². The van der Waals surface area contributed by atoms with Crippen molar-refractivity contribution >= 4 is 21.9 Å². The molecule has 2 heterocycles. The molecule has 1 aromatic heterocycles. The van der Waals surface area contributed by atoms with E-state index in [1.165, 1.54) is 0 Å². The number of hydrogen-bond donors (Lipinski definition) is 1. The summed E-state index contributed by atoms with van der Waals surface area (Å²) in [6.07, 6.45) is 4.11. The highest BCUT2D eigenvalue weighted by Crippen LogP contribution is 2.25. The molecule has 5 heteroatoms. The zero-order valence-corrected chi connectivity index (χ0v) is 12.8. The van der Waals surface area contributed by atoms with Crippen molar-refractivity contribution in [3.05, 3.63) is 41.0 Å². The molecule has 0 spiro atoms. The minimum atomic E-state index is 0.368. The van der Waals surface area contributed by atoms with Crippen molar-refractivity contribution in [1.29, 1.82) is 0 Å². The maximum atomic E-state index is 5.83. The molecule has 0 aliphatic carbocycles. The number of hydrogen-bond acceptors (Lipinski definition) is 4. The van der Waals surface area contributed by atoms with Crippen LogP contribution in [0.2, 0.25) is 0 Å². The molecule has 0 radical (unpaired) electrons. The molecule has 104 valence electrons. The molecular weight excluding hydrogens is 316 g/mol. The Hall–Kier alpha value is -1.46. The molecule has 1 aliphatic heterocycles. The fourth-order valence-electron chi connectivity index (χ4n) is 2.64. The second-order valence-corrected chi connectivity index (χ2v) is 5.89. The van der Waals surface area contributed by atoms with Gasteiger partial charge in [-0.05, 0) is 31.0 Å². The third-order valence-corrected chi connectivity index (χ3v) is 4.16. The number of aromatic nitrogens is 2. The number of rotatable bonds is 3. The lowest BCUT2D eigenvalue weighted by Crippen LogP contribution is -2.36. The van der Waals surface area contributed by atoms with E-state index in [4.69, 9.17) is 10.7 Å². The lowest BCUT2D eigenvalue weighted by atomic mass is 10.1. The average Bonchev–Trinajstić information content (AvgIpc) is 2.96. The summed E-state index contributed by atoms with van der Waals surface area (Å²) in [4.78, 5) is 11.3. The maximum Gasteiger partial charge on any atom is 0.226 e. The maximum absolute atomic E-state index is 5.83. The number of nitrogens with two attached hydrogens (primary N) is 1. The van der Waals surface area contributed by atoms with Crippen molar-refractivity contribution < 1.29 is 0 Å². The van der Waals surface area contributed by atoms with Gasteiger partial charge in [0.25, 0.3) is 0 Å². The Labute approximate surface area is 127 Å². The molecule has 0 saturated carbocycles. The normalized spacial score (nSPS) is 18.5. The van der Waals surface area contributed by atoms with Gasteiger partial charge in [0, 0.05) is 35.4 Å². The monoisotopic (exact) mass is 332 g/mol. The summed E-state index contributed by atoms with van der Waals surface area (Å²) in [5, 5.41) is 0. The van der Waals surface area contributed by atoms with Gasteiger partial charge in [0.1, 0.15) is 0 Å². The van der Waals surface area contributed by atoms with E-state index in [2.05, 4.69) is 37.9 Å². The lowest BCUT2D eigenvalue weighted by Gasteiger charge is -2.23. The number of anilines is 1. The first-order chi connectivity index (χ1) is 9.78. The molecular formula is C15H17BrN4. The van der Waals surface area contributed by atoms with Crippen LogP contribution in [0.5, 0.6) is 0 Å². The predicted molar refractivity (Wildman–Crippen MR) is 84.6 cm³/mol. The molecule has 2 N–H and O–H groups in total. The Morgan fingerprint density at radius 2 is 2.25 bits per heavy atom. The summed E-state index contributed by atoms with van der Waals surface area (Å²) in [5.74, 6) is 0.787. The van der Waals surface area contributed by atoms with Gasteiger partial charge in [0.15, 0.2) is 0 Å². The average molecular weight is 333 g/mol. The van der Waals surface area contributed by atoms with E-state index in [0.29, 0.717) is 12.6 Å². The van der Waals surface area contributed by atoms with Gasteiger partial charge in [0.05, 0.1) is 5.69 Å². The van der Waals surface area contributed by atoms with E-state index in [1.54, 1.807) is 0 Å². The molecule has 1 aromatic carbocycles. The molecule has 4 nitrogen and oxygen atoms in total. The summed E-state index contributed by atoms with van der Waals surface area (Å²) >= 11 is 3.49. The molecule has 3 rings (SSSR count). The SMILES string of the molecule is NCC1CCCN1c1nccc(-c2cccc(Br)c2)n1. The highest BCUT2D eigenvalue weighted by molar-refractivity contribution is 9.10. The summed E-state index contributed by atoms with van der Waals surface area (Å²) in [6, 6.07) is 10.5. The Bertz CT molecular complexity index is 602. The second-order valence-electron chi connectivity index (χ2n) is 4.98. The van der Waals surface area contributed by atoms with Crippen LogP contribution in [-0.2, 0) is 0 Å². The van der Waals surface area contributed by atoms with Gasteiger partial charge in [-0.25, -0.2) is 9.97 Å². The van der Waals surface area contributed by atoms with Crippen molar-refractivity contribution in [1.82, 2.24) is 9.97 Å². The molecule has 1 aliphatic rings. The second kappa shape index (κ2) is 5.89. The molecule has 1 fully saturated rings. The van der Waals surface area contributed by atoms with Gasteiger partial charge < -0.3 is 10.6 Å². The van der Waals surface area contributed by atoms with E-state index in [1.807, 2.05) is 24.4 Å². The van der Waals surface area contributed by atoms with E-state index in [0.717, 1.165) is 41.1 Å². The summed E-state index contributed by atoms with van der Waals surface area (Å²) < 4.78 is 1.05. The van der Waals surface area contributed by atoms with Gasteiger partial charge >= 0.3 is 0 Å². The first-order valence-corrected chi connectivity index (χ1v) is 7.63. The van der Waals surface area contributed by atoms with Gasteiger partial charge in [-0.2, -0.15) is 0 Å². The molecule has 0 bridgehead atoms. The number of nitrogens with zero attached hydrogens (tertiary/aromatic N) is 3. The number of halogens is 1. The number of benzene rings is 1. The van der Waals surface area contributed by atoms with Gasteiger partial charge in [-0.1, -0.05) is 28.1 Å². The molecule has 0 amide bonds. The quantitative estimate of drug-likeness (QED) is 0.938. The Morgan fingerprint density at radius 3 is 3.05 bits per heavy atom. The Kier molecular flexibility index (Phi) is 3.98. The summed E-state index contributed by atoms with van der Waals surface area (Å²) in [5.41, 5.74) is 7.86. The van der Waals surface area contributed by atoms with Crippen LogP contribution in [0.1, 0.15) is 12.8 Å². The topological polar surface area (TPSA) is 55.0 Å². The minimum absolute atomic E-state index is 0.368. The molecule has 1 unspecified atom stereocenters. The first kappa shape index (κ1) is 13.5. The largest absolute Gasteiger partial charge is 0.337 e. The first-order valence-electron chi connectivity index (χ1n) is 6.83. The highest BCUT2D eigenvalue weighted by atomic mass is 79.9. The van der Waals surface area contributed by atoms with Crippen molar-refractivity contribution in [3.8, 4) is 11.3 Å². The lowest BCUT2D eigenvalue weighted by molar-refractivity contribution is 0.664. The van der Waals surface area contributed by atoms with Crippen LogP contribution in [0.4, 0.5) is 5.95 Å². The van der Waals surface area contributed by atoms with Gasteiger partial charge in [-0.3, -0.25) is 0 Å². The fourth-order valence-corrected chi connectivity index (χ4v) is 3.04. The van der Waals surface area contributed by atoms with Crippen molar-refractivity contribution in [2.45, 2.75) is 18.9 Å². The van der Waals surface area contributed by atoms with Crippen LogP contribution in [0.15, 0.2) is 41.0 Å². The predicted octanol–water partition coefficient (Wildman–Crippen LogP) is 2.83. The fraction of sp³-hybridized carbons (Fsp3) is 0.333. The van der Waals surface area contributed by atoms with Gasteiger partial charge in [0.2, 0.25) is 5.95 Å². The Morgan fingerprint density at radius 1 is 1.35 bits per heavy atom. The molecule has 1 saturated heterocycles. The summed E-state index contributed by atoms with van der Waals surface area (Å²) in [6.45, 7) is 1.65. The van der Waals surface area contributed by atoms with Gasteiger partial charge in [-0.15, -0.1) is 0 Å². The van der Waals surface area contributed by atoms with Crippen LogP contribution in [-0.4, -0.2) is 29.1 Å². The third-order valence-electron chi connectivity index (χ3n) is 3.67. The summed E-state index contributed by atoms with van der Waals surface area (Å²) in [7, 11) is 0. The van der Waals surface area contributed by atoms with Crippen molar-refractivity contribution in [2.75, 3.05) is 18.0 Å². The van der Waals surface area contributed by atoms with Crippen LogP contribution >= 0.6 is 15.9 Å². The third kappa shape index (κ3) is 2.69. The standard InChI is InChI=1S/C15H17BrN4/c16-12-4-1-3-11(9-12)14-6-7-18-15(19-14)20-8-2-5-13(20)10-17/h1,3-4,6-7,9,13H,2,5,8,10,17H2. The van der Waals surface area contributed by atoms with E-state index in [9.17, 15) is 0 Å². The minimum Gasteiger partial charge on any atom is -0.337 e. The highest BCUT2D eigenvalue weighted by Gasteiger charge is 2.25.